The van der Waals surface area contributed by atoms with Crippen molar-refractivity contribution in [1.29, 1.82) is 0 Å². The third kappa shape index (κ3) is 1.53. The van der Waals surface area contributed by atoms with E-state index in [0.717, 1.165) is 6.54 Å². The molecule has 0 aromatic carbocycles. The summed E-state index contributed by atoms with van der Waals surface area (Å²) >= 11 is 1.73. The van der Waals surface area contributed by atoms with Gasteiger partial charge >= 0.3 is 0 Å². The molecule has 0 spiro atoms. The Morgan fingerprint density at radius 2 is 2.71 bits per heavy atom. The zero-order valence-electron chi connectivity index (χ0n) is 4.40. The maximum absolute atomic E-state index is 3.18. The molecule has 0 aromatic rings. The zero-order valence-corrected chi connectivity index (χ0v) is 5.22. The SMILES string of the molecule is CC1=CCCNS1. The largest absolute Gasteiger partial charge is 0.260 e. The fourth-order valence-corrected chi connectivity index (χ4v) is 1.19. The van der Waals surface area contributed by atoms with Crippen molar-refractivity contribution < 1.29 is 0 Å². The summed E-state index contributed by atoms with van der Waals surface area (Å²) in [6, 6.07) is 0. The molecule has 1 heterocycles. The van der Waals surface area contributed by atoms with Gasteiger partial charge in [0.05, 0.1) is 0 Å². The van der Waals surface area contributed by atoms with Crippen LogP contribution in [0.5, 0.6) is 0 Å². The van der Waals surface area contributed by atoms with Crippen molar-refractivity contribution in [2.45, 2.75) is 13.3 Å². The van der Waals surface area contributed by atoms with Crippen LogP contribution >= 0.6 is 11.9 Å². The second kappa shape index (κ2) is 2.38. The molecule has 0 fully saturated rings. The molecule has 1 rings (SSSR count). The lowest BCUT2D eigenvalue weighted by molar-refractivity contribution is 0.923. The second-order valence-electron chi connectivity index (χ2n) is 1.60. The molecule has 0 atom stereocenters. The molecule has 1 nitrogen and oxygen atoms in total. The predicted molar refractivity (Wildman–Crippen MR) is 34.0 cm³/mol. The number of hydrogen-bond donors (Lipinski definition) is 1. The molecule has 1 N–H and O–H groups in total. The Morgan fingerprint density at radius 1 is 1.86 bits per heavy atom. The second-order valence-corrected chi connectivity index (χ2v) is 2.74. The molecular weight excluding hydrogens is 106 g/mol. The molecule has 0 aromatic heterocycles. The lowest BCUT2D eigenvalue weighted by atomic mass is 10.4. The van der Waals surface area contributed by atoms with Crippen LogP contribution in [0.15, 0.2) is 11.0 Å². The van der Waals surface area contributed by atoms with Crippen LogP contribution in [0.3, 0.4) is 0 Å². The van der Waals surface area contributed by atoms with Gasteiger partial charge < -0.3 is 0 Å². The van der Waals surface area contributed by atoms with Crippen LogP contribution in [0.4, 0.5) is 0 Å². The minimum absolute atomic E-state index is 1.13. The van der Waals surface area contributed by atoms with Gasteiger partial charge in [-0.15, -0.1) is 0 Å². The number of rotatable bonds is 0. The fourth-order valence-electron chi connectivity index (χ4n) is 0.541. The van der Waals surface area contributed by atoms with Crippen molar-refractivity contribution in [3.63, 3.8) is 0 Å². The van der Waals surface area contributed by atoms with E-state index in [1.807, 2.05) is 0 Å². The highest BCUT2D eigenvalue weighted by molar-refractivity contribution is 8.01. The molecule has 40 valence electrons. The molecule has 7 heavy (non-hydrogen) atoms. The summed E-state index contributed by atoms with van der Waals surface area (Å²) < 4.78 is 3.18. The molecule has 0 amide bonds. The Bertz CT molecular complexity index is 88.1. The highest BCUT2D eigenvalue weighted by Gasteiger charge is 1.94. The van der Waals surface area contributed by atoms with Gasteiger partial charge in [0.2, 0.25) is 0 Å². The number of allylic oxidation sites excluding steroid dienone is 1. The fraction of sp³-hybridized carbons (Fsp3) is 0.600. The summed E-state index contributed by atoms with van der Waals surface area (Å²) in [5.41, 5.74) is 0. The Balaban J connectivity index is 2.40. The van der Waals surface area contributed by atoms with Crippen molar-refractivity contribution in [3.8, 4) is 0 Å². The summed E-state index contributed by atoms with van der Waals surface area (Å²) in [7, 11) is 0. The van der Waals surface area contributed by atoms with E-state index in [1.54, 1.807) is 11.9 Å². The van der Waals surface area contributed by atoms with Gasteiger partial charge in [-0.3, -0.25) is 4.72 Å². The molecule has 0 saturated carbocycles. The van der Waals surface area contributed by atoms with Crippen molar-refractivity contribution in [2.75, 3.05) is 6.54 Å². The van der Waals surface area contributed by atoms with Gasteiger partial charge in [0.25, 0.3) is 0 Å². The van der Waals surface area contributed by atoms with Gasteiger partial charge in [-0.2, -0.15) is 0 Å². The van der Waals surface area contributed by atoms with E-state index in [0.29, 0.717) is 0 Å². The molecule has 0 saturated heterocycles. The van der Waals surface area contributed by atoms with Crippen molar-refractivity contribution in [1.82, 2.24) is 4.72 Å². The summed E-state index contributed by atoms with van der Waals surface area (Å²) in [5.74, 6) is 0. The molecule has 1 aliphatic heterocycles. The maximum Gasteiger partial charge on any atom is 0.00967 e. The van der Waals surface area contributed by atoms with E-state index in [9.17, 15) is 0 Å². The third-order valence-corrected chi connectivity index (χ3v) is 1.75. The van der Waals surface area contributed by atoms with Gasteiger partial charge in [0.15, 0.2) is 0 Å². The average Bonchev–Trinajstić information content (AvgIpc) is 1.69. The Morgan fingerprint density at radius 3 is 3.00 bits per heavy atom. The monoisotopic (exact) mass is 115 g/mol. The first kappa shape index (κ1) is 5.19. The summed E-state index contributed by atoms with van der Waals surface area (Å²) in [5, 5.41) is 0. The quantitative estimate of drug-likeness (QED) is 0.480. The Hall–Kier alpha value is 0.0500. The standard InChI is InChI=1S/C5H9NS/c1-5-3-2-4-6-7-5/h3,6H,2,4H2,1H3. The smallest absolute Gasteiger partial charge is 0.00967 e. The van der Waals surface area contributed by atoms with Gasteiger partial charge in [0, 0.05) is 6.54 Å². The lowest BCUT2D eigenvalue weighted by Crippen LogP contribution is -2.07. The predicted octanol–water partition coefficient (Wildman–Crippen LogP) is 1.53. The summed E-state index contributed by atoms with van der Waals surface area (Å²) in [6.45, 7) is 3.25. The Labute approximate surface area is 48.3 Å². The topological polar surface area (TPSA) is 12.0 Å². The van der Waals surface area contributed by atoms with Crippen molar-refractivity contribution in [2.24, 2.45) is 0 Å². The third-order valence-electron chi connectivity index (χ3n) is 0.911. The number of hydrogen-bond acceptors (Lipinski definition) is 2. The lowest BCUT2D eigenvalue weighted by Gasteiger charge is -2.07. The van der Waals surface area contributed by atoms with Gasteiger partial charge in [0.1, 0.15) is 0 Å². The molecule has 0 aliphatic carbocycles. The first-order chi connectivity index (χ1) is 3.39. The minimum Gasteiger partial charge on any atom is -0.260 e. The first-order valence-corrected chi connectivity index (χ1v) is 3.28. The highest BCUT2D eigenvalue weighted by Crippen LogP contribution is 2.14. The minimum atomic E-state index is 1.13. The van der Waals surface area contributed by atoms with E-state index in [4.69, 9.17) is 0 Å². The molecule has 1 aliphatic rings. The van der Waals surface area contributed by atoms with Gasteiger partial charge in [-0.25, -0.2) is 0 Å². The average molecular weight is 115 g/mol. The van der Waals surface area contributed by atoms with Gasteiger partial charge in [-0.05, 0) is 18.2 Å². The normalized spacial score (nSPS) is 21.6. The molecular formula is C5H9NS. The van der Waals surface area contributed by atoms with E-state index in [1.165, 1.54) is 11.3 Å². The van der Waals surface area contributed by atoms with Crippen LogP contribution < -0.4 is 4.72 Å². The van der Waals surface area contributed by atoms with Gasteiger partial charge in [-0.1, -0.05) is 18.0 Å². The summed E-state index contributed by atoms with van der Waals surface area (Å²) in [6.07, 6.45) is 3.44. The van der Waals surface area contributed by atoms with E-state index in [-0.39, 0.29) is 0 Å². The van der Waals surface area contributed by atoms with Crippen LogP contribution in [-0.2, 0) is 0 Å². The summed E-state index contributed by atoms with van der Waals surface area (Å²) in [4.78, 5) is 1.39. The van der Waals surface area contributed by atoms with Crippen LogP contribution in [-0.4, -0.2) is 6.54 Å². The first-order valence-electron chi connectivity index (χ1n) is 2.46. The van der Waals surface area contributed by atoms with E-state index < -0.39 is 0 Å². The van der Waals surface area contributed by atoms with Crippen LogP contribution in [0.2, 0.25) is 0 Å². The maximum atomic E-state index is 3.18. The highest BCUT2D eigenvalue weighted by atomic mass is 32.2. The van der Waals surface area contributed by atoms with Crippen LogP contribution in [0.1, 0.15) is 13.3 Å². The van der Waals surface area contributed by atoms with Crippen LogP contribution in [0.25, 0.3) is 0 Å². The van der Waals surface area contributed by atoms with Crippen molar-refractivity contribution in [3.05, 3.63) is 11.0 Å². The molecule has 0 unspecified atom stereocenters. The van der Waals surface area contributed by atoms with Crippen LogP contribution in [0, 0.1) is 0 Å². The van der Waals surface area contributed by atoms with E-state index in [2.05, 4.69) is 17.7 Å². The molecule has 0 radical (unpaired) electrons. The molecule has 0 bridgehead atoms. The molecule has 2 heteroatoms. The Kier molecular flexibility index (Phi) is 1.77. The number of nitrogens with one attached hydrogen (secondary N) is 1. The van der Waals surface area contributed by atoms with E-state index >= 15 is 0 Å². The zero-order chi connectivity index (χ0) is 5.11. The van der Waals surface area contributed by atoms with Crippen molar-refractivity contribution >= 4 is 11.9 Å².